The summed E-state index contributed by atoms with van der Waals surface area (Å²) in [7, 11) is 0. The minimum absolute atomic E-state index is 0.703. The van der Waals surface area contributed by atoms with E-state index in [1.54, 1.807) is 5.41 Å². The van der Waals surface area contributed by atoms with Crippen LogP contribution in [0, 0.1) is 0 Å². The van der Waals surface area contributed by atoms with Crippen molar-refractivity contribution < 1.29 is 4.52 Å². The Kier molecular flexibility index (Phi) is 4.86. The maximum absolute atomic E-state index is 5.29. The first-order valence-electron chi connectivity index (χ1n) is 2.63. The van der Waals surface area contributed by atoms with Crippen molar-refractivity contribution in [2.24, 2.45) is 0 Å². The Hall–Kier alpha value is 0.700. The Labute approximate surface area is 65.7 Å². The lowest BCUT2D eigenvalue weighted by Gasteiger charge is -2.11. The zero-order chi connectivity index (χ0) is 7.33. The van der Waals surface area contributed by atoms with Gasteiger partial charge in [-0.3, -0.25) is 0 Å². The second kappa shape index (κ2) is 4.51. The largest absolute Gasteiger partial charge is 0.342 e. The molecule has 0 radical (unpaired) electrons. The van der Waals surface area contributed by atoms with Gasteiger partial charge in [-0.1, -0.05) is 29.8 Å². The Bertz CT molecular complexity index is 135. The van der Waals surface area contributed by atoms with Crippen LogP contribution >= 0.6 is 16.8 Å². The topological polar surface area (TPSA) is 9.23 Å². The van der Waals surface area contributed by atoms with Crippen molar-refractivity contribution in [1.82, 2.24) is 0 Å². The Balaban J connectivity index is 3.71. The predicted molar refractivity (Wildman–Crippen MR) is 49.6 cm³/mol. The van der Waals surface area contributed by atoms with Gasteiger partial charge in [0.25, 0.3) is 0 Å². The van der Waals surface area contributed by atoms with Crippen molar-refractivity contribution in [3.8, 4) is 0 Å². The van der Waals surface area contributed by atoms with Crippen molar-refractivity contribution in [3.05, 3.63) is 12.0 Å². The zero-order valence-corrected chi connectivity index (χ0v) is 8.19. The van der Waals surface area contributed by atoms with E-state index in [9.17, 15) is 0 Å². The lowest BCUT2D eigenvalue weighted by molar-refractivity contribution is 0.388. The molecule has 0 bridgehead atoms. The Morgan fingerprint density at radius 1 is 1.89 bits per heavy atom. The van der Waals surface area contributed by atoms with Crippen molar-refractivity contribution >= 4 is 28.7 Å². The average molecular weight is 182 g/mol. The second-order valence-corrected chi connectivity index (χ2v) is 9.31. The summed E-state index contributed by atoms with van der Waals surface area (Å²) in [5.41, 5.74) is -1.56. The van der Waals surface area contributed by atoms with Crippen LogP contribution in [0.2, 0.25) is 0 Å². The molecule has 0 aromatic heterocycles. The van der Waals surface area contributed by atoms with Crippen molar-refractivity contribution in [3.63, 3.8) is 0 Å². The van der Waals surface area contributed by atoms with Gasteiger partial charge in [-0.05, 0) is 19.0 Å². The van der Waals surface area contributed by atoms with Gasteiger partial charge in [0.2, 0.25) is 0 Å². The molecule has 0 amide bonds. The third-order valence-electron chi connectivity index (χ3n) is 0.630. The summed E-state index contributed by atoms with van der Waals surface area (Å²) in [4.78, 5) is 0. The summed E-state index contributed by atoms with van der Waals surface area (Å²) in [6.45, 7) is 8.18. The molecule has 0 spiro atoms. The van der Waals surface area contributed by atoms with E-state index in [0.717, 1.165) is 0 Å². The number of hydrogen-bond donors (Lipinski definition) is 0. The summed E-state index contributed by atoms with van der Waals surface area (Å²) >= 11 is 6.65. The molecule has 0 heterocycles. The maximum atomic E-state index is 5.29. The van der Waals surface area contributed by atoms with E-state index in [2.05, 4.69) is 6.58 Å². The molecule has 54 valence electrons. The highest BCUT2D eigenvalue weighted by Crippen LogP contribution is 2.56. The fourth-order valence-electron chi connectivity index (χ4n) is 0.400. The van der Waals surface area contributed by atoms with Gasteiger partial charge in [0.05, 0.1) is 0 Å². The van der Waals surface area contributed by atoms with Gasteiger partial charge in [-0.15, -0.1) is 0 Å². The van der Waals surface area contributed by atoms with E-state index in [1.165, 1.54) is 11.4 Å². The minimum atomic E-state index is -1.56. The Morgan fingerprint density at radius 3 is 2.78 bits per heavy atom. The summed E-state index contributed by atoms with van der Waals surface area (Å²) in [5.74, 6) is 0. The van der Waals surface area contributed by atoms with Gasteiger partial charge < -0.3 is 4.52 Å². The molecule has 0 saturated carbocycles. The van der Waals surface area contributed by atoms with Crippen LogP contribution in [0.1, 0.15) is 6.92 Å². The molecule has 0 rings (SSSR count). The van der Waals surface area contributed by atoms with E-state index >= 15 is 0 Å². The summed E-state index contributed by atoms with van der Waals surface area (Å²) in [5, 5.41) is 1.75. The number of hydrogen-bond acceptors (Lipinski definition) is 3. The smallest absolute Gasteiger partial charge is 0.120 e. The van der Waals surface area contributed by atoms with Crippen LogP contribution in [0.25, 0.3) is 0 Å². The van der Waals surface area contributed by atoms with E-state index in [-0.39, 0.29) is 0 Å². The van der Waals surface area contributed by atoms with Gasteiger partial charge in [-0.2, -0.15) is 0 Å². The van der Waals surface area contributed by atoms with Crippen LogP contribution in [-0.2, 0) is 16.3 Å². The van der Waals surface area contributed by atoms with Gasteiger partial charge >= 0.3 is 0 Å². The van der Waals surface area contributed by atoms with Gasteiger partial charge in [0.15, 0.2) is 0 Å². The van der Waals surface area contributed by atoms with Crippen LogP contribution < -0.4 is 0 Å². The van der Waals surface area contributed by atoms with E-state index in [0.29, 0.717) is 6.61 Å². The van der Waals surface area contributed by atoms with E-state index in [4.69, 9.17) is 16.3 Å². The standard InChI is InChI=1S/C5H11OPS2/c1-4-6-7(3,8)9-5-2/h5H,2,4H2,1,3H3. The quantitative estimate of drug-likeness (QED) is 0.619. The molecule has 0 aliphatic carbocycles. The molecule has 0 aliphatic rings. The van der Waals surface area contributed by atoms with E-state index < -0.39 is 5.47 Å². The molecule has 4 heteroatoms. The average Bonchev–Trinajstić information content (AvgIpc) is 1.64. The molecule has 0 saturated heterocycles. The minimum Gasteiger partial charge on any atom is -0.342 e. The molecule has 0 aromatic rings. The highest BCUT2D eigenvalue weighted by atomic mass is 32.9. The highest BCUT2D eigenvalue weighted by Gasteiger charge is 2.06. The van der Waals surface area contributed by atoms with Crippen LogP contribution in [0.4, 0.5) is 0 Å². The molecule has 1 unspecified atom stereocenters. The lowest BCUT2D eigenvalue weighted by Crippen LogP contribution is -1.80. The maximum Gasteiger partial charge on any atom is 0.120 e. The zero-order valence-electron chi connectivity index (χ0n) is 5.66. The van der Waals surface area contributed by atoms with Crippen LogP contribution in [0.15, 0.2) is 12.0 Å². The van der Waals surface area contributed by atoms with Gasteiger partial charge in [0.1, 0.15) is 5.47 Å². The molecular weight excluding hydrogens is 171 g/mol. The first kappa shape index (κ1) is 9.70. The van der Waals surface area contributed by atoms with Crippen LogP contribution in [0.5, 0.6) is 0 Å². The lowest BCUT2D eigenvalue weighted by atomic mass is 10.9. The van der Waals surface area contributed by atoms with Crippen molar-refractivity contribution in [1.29, 1.82) is 0 Å². The van der Waals surface area contributed by atoms with Crippen LogP contribution in [-0.4, -0.2) is 13.3 Å². The third-order valence-corrected chi connectivity index (χ3v) is 4.89. The van der Waals surface area contributed by atoms with Crippen molar-refractivity contribution in [2.75, 3.05) is 13.3 Å². The predicted octanol–water partition coefficient (Wildman–Crippen LogP) is 2.84. The molecule has 0 fully saturated rings. The summed E-state index contributed by atoms with van der Waals surface area (Å²) in [6.07, 6.45) is 0. The molecule has 0 N–H and O–H groups in total. The fourth-order valence-corrected chi connectivity index (χ4v) is 3.38. The molecule has 1 nitrogen and oxygen atoms in total. The first-order chi connectivity index (χ1) is 4.12. The summed E-state index contributed by atoms with van der Waals surface area (Å²) in [6, 6.07) is 0. The normalized spacial score (nSPS) is 16.7. The third kappa shape index (κ3) is 5.16. The van der Waals surface area contributed by atoms with Gasteiger partial charge in [0, 0.05) is 6.61 Å². The second-order valence-electron chi connectivity index (χ2n) is 1.46. The number of rotatable bonds is 4. The van der Waals surface area contributed by atoms with Crippen LogP contribution in [0.3, 0.4) is 0 Å². The first-order valence-corrected chi connectivity index (χ1v) is 7.29. The monoisotopic (exact) mass is 182 g/mol. The molecular formula is C5H11OPS2. The van der Waals surface area contributed by atoms with Crippen molar-refractivity contribution in [2.45, 2.75) is 6.92 Å². The Morgan fingerprint density at radius 2 is 2.44 bits per heavy atom. The molecule has 0 aliphatic heterocycles. The highest BCUT2D eigenvalue weighted by molar-refractivity contribution is 8.70. The molecule has 0 aromatic carbocycles. The molecule has 1 atom stereocenters. The van der Waals surface area contributed by atoms with Gasteiger partial charge in [-0.25, -0.2) is 0 Å². The fraction of sp³-hybridized carbons (Fsp3) is 0.600. The SMILES string of the molecule is C=CSP(C)(=S)OCC. The van der Waals surface area contributed by atoms with E-state index in [1.807, 2.05) is 13.6 Å². The summed E-state index contributed by atoms with van der Waals surface area (Å²) < 4.78 is 5.29. The molecule has 9 heavy (non-hydrogen) atoms.